The van der Waals surface area contributed by atoms with E-state index in [-0.39, 0.29) is 72.7 Å². The molecule has 1 amide bonds. The van der Waals surface area contributed by atoms with Crippen molar-refractivity contribution in [2.75, 3.05) is 85.7 Å². The molecule has 27 nitrogen and oxygen atoms in total. The molecule has 6 fully saturated rings. The molecule has 23 heterocycles. The number of hydrogen-bond donors (Lipinski definition) is 11. The number of carboxylic acids is 2. The van der Waals surface area contributed by atoms with Gasteiger partial charge in [0.05, 0.1) is 123 Å². The van der Waals surface area contributed by atoms with Crippen molar-refractivity contribution in [2.45, 2.75) is 197 Å². The number of amides is 1. The van der Waals surface area contributed by atoms with Gasteiger partial charge >= 0.3 is 17.9 Å². The molecular formula is C120H138N14O13. The van der Waals surface area contributed by atoms with E-state index in [2.05, 4.69) is 251 Å². The largest absolute Gasteiger partial charge is 0.498 e. The van der Waals surface area contributed by atoms with Crippen LogP contribution < -0.4 is 11.3 Å². The van der Waals surface area contributed by atoms with Crippen LogP contribution in [0.25, 0.3) is 65.4 Å². The molecule has 0 saturated carbocycles. The fraction of sp³-hybridized carbons (Fsp3) is 0.467. The molecule has 0 spiro atoms. The number of esters is 1. The number of nitrogens with one attached hydrogen (secondary N) is 7. The zero-order valence-corrected chi connectivity index (χ0v) is 84.9. The van der Waals surface area contributed by atoms with Crippen LogP contribution in [0.4, 0.5) is 0 Å². The number of nitrogens with zero attached hydrogens (tertiary/aromatic N) is 6. The third kappa shape index (κ3) is 16.9. The van der Waals surface area contributed by atoms with Gasteiger partial charge in [-0.2, -0.15) is 0 Å². The Kier molecular flexibility index (Phi) is 25.5. The molecule has 6 saturated heterocycles. The van der Waals surface area contributed by atoms with E-state index in [1.54, 1.807) is 11.8 Å². The van der Waals surface area contributed by atoms with Crippen molar-refractivity contribution in [3.63, 3.8) is 0 Å². The predicted molar refractivity (Wildman–Crippen MR) is 566 cm³/mol. The lowest BCUT2D eigenvalue weighted by Crippen LogP contribution is -2.56. The first-order valence-corrected chi connectivity index (χ1v) is 54.4. The first kappa shape index (κ1) is 95.5. The van der Waals surface area contributed by atoms with E-state index in [0.29, 0.717) is 101 Å². The summed E-state index contributed by atoms with van der Waals surface area (Å²) in [5, 5.41) is 37.2. The Labute approximate surface area is 856 Å². The number of aliphatic hydroxyl groups is 1. The fourth-order valence-electron chi connectivity index (χ4n) is 30.5. The number of para-hydroxylation sites is 6. The number of hydrazine groups is 1. The van der Waals surface area contributed by atoms with Crippen LogP contribution in [0, 0.1) is 71.0 Å². The number of rotatable bonds is 5. The van der Waals surface area contributed by atoms with E-state index >= 15 is 0 Å². The number of ether oxygens (including phenoxy) is 6. The Balaban J connectivity index is 0.0000000919. The summed E-state index contributed by atoms with van der Waals surface area (Å²) in [4.78, 5) is 85.4. The van der Waals surface area contributed by atoms with Gasteiger partial charge in [0.2, 0.25) is 0 Å². The molecule has 27 heteroatoms. The van der Waals surface area contributed by atoms with Gasteiger partial charge in [0.1, 0.15) is 6.04 Å². The quantitative estimate of drug-likeness (QED) is 0.0330. The summed E-state index contributed by atoms with van der Waals surface area (Å²) < 4.78 is 33.7. The number of aromatic nitrogens is 6. The normalized spacial score (nSPS) is 31.8. The van der Waals surface area contributed by atoms with Crippen molar-refractivity contribution >= 4 is 89.2 Å². The average molecular weight is 1980 g/mol. The molecule has 12 aromatic rings. The third-order valence-electron chi connectivity index (χ3n) is 38.1. The van der Waals surface area contributed by atoms with E-state index in [4.69, 9.17) is 34.3 Å². The molecule has 18 aliphatic rings. The summed E-state index contributed by atoms with van der Waals surface area (Å²) in [5.41, 5.74) is 29.3. The standard InChI is InChI=1S/C21H24N2O2.C20H24N4O2.2C20H22N2O3.C20H24N2O2.C19H22N2O/c1-25-21(24)16-7-4-5-13-12-23-10-9-15-14-6-2-3-8-18(14)22-20(15)19(23)11-17(13)16;1-11-15-9-24-7-6-13-12-4-2-3-5-17(12)22-19(13)18(24)8-14(15)16(10-26-11)20(25)23-21;1-11-15-10-22-17(8-12(15)6-7-25-11)19-14(9-18(22)20(23)24)13-4-2-3-5-16(13)21-19;1-11-15-9-22-7-6-13-12-4-2-3-5-17(12)21-19(13)18(22)8-14(15)16(10-25-11)20(23)24;1-12-17-9-22-7-6-15-14-4-2-3-5-18(14)21-20(15)19(22)8-16(17)13(10-23)11-24-12;1-12-16-11-21-8-6-15-14-4-2-3-5-17(14)20-19(15)18(21)10-13(16)7-9-22-12/h2-3,6-8,13,17,19,22H,4-5,9-12H2,1H3;2-5,10-11,14-15,18,22H,6-9,21H2,1H3,(H,23,25);2-7,11-12,15,17-18,21H,8-10H2,1H3,(H,23,24);2-5,10-11,14-15,18,21H,6-9H2,1H3,(H,23,24);2-5,11-12,16-17,19,21,23H,6-10H2,1H3;2-5,7,9,12-13,16,18,20H,6,8,10-11H2,1H3/t13-,17-,19-;11-,14-,15-,18-;11-,12-,15-,17-,18-;11-,14-,15-,18-;12-,16+,17+,19-;12-,13?,16?,18?/m000000/s1. The molecule has 6 aromatic heterocycles. The average Bonchev–Trinajstić information content (AvgIpc) is 1.65. The number of fused-ring (bicyclic) bond motifs is 36. The Morgan fingerprint density at radius 2 is 0.735 bits per heavy atom. The number of piperidine rings is 6. The molecule has 147 heavy (non-hydrogen) atoms. The van der Waals surface area contributed by atoms with E-state index in [0.717, 1.165) is 153 Å². The smallest absolute Gasteiger partial charge is 0.334 e. The second-order valence-corrected chi connectivity index (χ2v) is 45.1. The molecule has 3 unspecified atom stereocenters. The minimum atomic E-state index is -0.844. The van der Waals surface area contributed by atoms with Crippen LogP contribution in [0.2, 0.25) is 0 Å². The van der Waals surface area contributed by atoms with E-state index in [1.165, 1.54) is 155 Å². The topological polar surface area (TPSA) is 337 Å². The minimum Gasteiger partial charge on any atom is -0.498 e. The highest BCUT2D eigenvalue weighted by molar-refractivity contribution is 5.95. The van der Waals surface area contributed by atoms with Crippen LogP contribution in [0.1, 0.15) is 190 Å². The summed E-state index contributed by atoms with van der Waals surface area (Å²) in [7, 11) is 1.50. The highest BCUT2D eigenvalue weighted by Gasteiger charge is 2.54. The van der Waals surface area contributed by atoms with E-state index < -0.39 is 18.0 Å². The molecule has 766 valence electrons. The summed E-state index contributed by atoms with van der Waals surface area (Å²) in [6.45, 7) is 22.2. The van der Waals surface area contributed by atoms with Crippen molar-refractivity contribution in [1.29, 1.82) is 0 Å². The van der Waals surface area contributed by atoms with Gasteiger partial charge in [-0.1, -0.05) is 115 Å². The van der Waals surface area contributed by atoms with Gasteiger partial charge in [-0.25, -0.2) is 15.4 Å². The maximum Gasteiger partial charge on any atom is 0.334 e. The molecule has 0 radical (unpaired) electrons. The van der Waals surface area contributed by atoms with Crippen molar-refractivity contribution in [1.82, 2.24) is 64.7 Å². The first-order valence-electron chi connectivity index (χ1n) is 54.4. The maximum absolute atomic E-state index is 12.3. The van der Waals surface area contributed by atoms with E-state index in [9.17, 15) is 34.5 Å². The SMILES string of the molecule is COC(=O)C1=CCC[C@H]2CN3CCc4c([nH]c5ccccc45)[C@@H]3C[C@H]12.C[C@@H]1OC=C(C(=O)NN)[C@H]2C[C@H]3c4[nH]c5ccccc5c4CCN3C[C@@H]12.C[C@@H]1OC=C(C(=O)O)[C@H]2C[C@H]3c4[nH]c5ccccc5c4CCN3C[C@@H]12.C[C@@H]1OC=C(CO)[C@H]2C[C@H]3c4[nH]c5ccccc5c4CCN3C[C@H]12.C[C@@H]1OC=CC2CC3c4[nH]c5ccccc5c4CCN3CC21.C[C@@H]1OC=C[C@H]2C[C@H]3c4[nH]c5ccccc5c4C[C@@H](C(=O)O)N3C[C@@H]12. The number of aliphatic carboxylic acids is 2. The predicted octanol–water partition coefficient (Wildman–Crippen LogP) is 18.4. The van der Waals surface area contributed by atoms with Gasteiger partial charge in [0, 0.05) is 225 Å². The van der Waals surface area contributed by atoms with Crippen LogP contribution in [0.3, 0.4) is 0 Å². The molecule has 30 rings (SSSR count). The van der Waals surface area contributed by atoms with Gasteiger partial charge in [-0.05, 0) is 235 Å². The second-order valence-electron chi connectivity index (χ2n) is 45.1. The zero-order chi connectivity index (χ0) is 100. The summed E-state index contributed by atoms with van der Waals surface area (Å²) in [6.07, 6.45) is 30.4. The number of carbonyl (C=O) groups excluding carboxylic acids is 2. The van der Waals surface area contributed by atoms with Crippen LogP contribution in [-0.4, -0.2) is 221 Å². The molecule has 17 aliphatic heterocycles. The van der Waals surface area contributed by atoms with Gasteiger partial charge in [-0.3, -0.25) is 44.4 Å². The Hall–Kier alpha value is -12.4. The Bertz CT molecular complexity index is 7270. The number of carbonyl (C=O) groups is 4. The number of aromatic amines is 6. The number of benzene rings is 6. The number of allylic oxidation sites excluding steroid dienone is 3. The maximum atomic E-state index is 12.3. The summed E-state index contributed by atoms with van der Waals surface area (Å²) in [5.74, 6) is 8.20. The van der Waals surface area contributed by atoms with Crippen molar-refractivity contribution in [3.05, 3.63) is 285 Å². The lowest BCUT2D eigenvalue weighted by Gasteiger charge is -2.50. The van der Waals surface area contributed by atoms with Crippen LogP contribution in [0.15, 0.2) is 217 Å². The number of aliphatic hydroxyl groups excluding tert-OH is 1. The first-order chi connectivity index (χ1) is 71.8. The Morgan fingerprint density at radius 3 is 1.14 bits per heavy atom. The third-order valence-corrected chi connectivity index (χ3v) is 38.1. The van der Waals surface area contributed by atoms with Crippen LogP contribution in [-0.2, 0) is 86.1 Å². The molecule has 6 aromatic carbocycles. The van der Waals surface area contributed by atoms with Crippen molar-refractivity contribution < 1.29 is 62.9 Å². The van der Waals surface area contributed by atoms with Crippen molar-refractivity contribution in [3.8, 4) is 0 Å². The number of hydrogen-bond acceptors (Lipinski definition) is 18. The van der Waals surface area contributed by atoms with Gasteiger partial charge in [-0.15, -0.1) is 0 Å². The number of H-pyrrole nitrogens is 6. The lowest BCUT2D eigenvalue weighted by atomic mass is 9.70. The molecule has 0 bridgehead atoms. The van der Waals surface area contributed by atoms with Crippen LogP contribution >= 0.6 is 0 Å². The van der Waals surface area contributed by atoms with E-state index in [1.807, 2.05) is 30.9 Å². The number of nitrogens with two attached hydrogens (primary N) is 1. The monoisotopic (exact) mass is 1980 g/mol. The molecular weight excluding hydrogens is 1850 g/mol. The summed E-state index contributed by atoms with van der Waals surface area (Å²) in [6, 6.07) is 52.9. The molecule has 12 N–H and O–H groups in total. The zero-order valence-electron chi connectivity index (χ0n) is 84.9. The highest BCUT2D eigenvalue weighted by atomic mass is 16.5. The van der Waals surface area contributed by atoms with Gasteiger partial charge in [0.25, 0.3) is 5.91 Å². The van der Waals surface area contributed by atoms with Gasteiger partial charge in [0.15, 0.2) is 0 Å². The van der Waals surface area contributed by atoms with Crippen LogP contribution in [0.5, 0.6) is 0 Å². The lowest BCUT2D eigenvalue weighted by molar-refractivity contribution is -0.148. The van der Waals surface area contributed by atoms with Gasteiger partial charge < -0.3 is 73.6 Å². The Morgan fingerprint density at radius 1 is 0.395 bits per heavy atom. The second kappa shape index (κ2) is 39.2. The number of methoxy groups -OCH3 is 1. The minimum absolute atomic E-state index is 0.0554. The molecule has 1 aliphatic carbocycles. The highest BCUT2D eigenvalue weighted by Crippen LogP contribution is 2.56. The summed E-state index contributed by atoms with van der Waals surface area (Å²) >= 11 is 0. The van der Waals surface area contributed by atoms with Crippen molar-refractivity contribution in [2.24, 2.45) is 76.9 Å². The number of carboxylic acid groups (broad SMARTS) is 2. The fourth-order valence-corrected chi connectivity index (χ4v) is 30.5. The molecule has 24 atom stereocenters.